The fourth-order valence-electron chi connectivity index (χ4n) is 2.20. The molecular weight excluding hydrogens is 190 g/mol. The zero-order valence-electron chi connectivity index (χ0n) is 9.05. The van der Waals surface area contributed by atoms with Crippen molar-refractivity contribution in [3.8, 4) is 0 Å². The van der Waals surface area contributed by atoms with Crippen LogP contribution in [0.5, 0.6) is 0 Å². The highest BCUT2D eigenvalue weighted by molar-refractivity contribution is 5.18. The van der Waals surface area contributed by atoms with Crippen LogP contribution in [0.15, 0.2) is 11.0 Å². The van der Waals surface area contributed by atoms with Gasteiger partial charge in [0.05, 0.1) is 0 Å². The van der Waals surface area contributed by atoms with Crippen molar-refractivity contribution >= 4 is 0 Å². The first-order valence-electron chi connectivity index (χ1n) is 5.54. The summed E-state index contributed by atoms with van der Waals surface area (Å²) in [5, 5.41) is 3.37. The third kappa shape index (κ3) is 2.45. The van der Waals surface area contributed by atoms with Gasteiger partial charge in [-0.25, -0.2) is 9.78 Å². The number of aryl methyl sites for hydroxylation is 1. The molecule has 2 N–H and O–H groups in total. The van der Waals surface area contributed by atoms with Crippen LogP contribution >= 0.6 is 0 Å². The maximum Gasteiger partial charge on any atom is 0.345 e. The van der Waals surface area contributed by atoms with Crippen LogP contribution in [0.3, 0.4) is 0 Å². The third-order valence-electron chi connectivity index (χ3n) is 3.03. The topological polar surface area (TPSA) is 57.8 Å². The van der Waals surface area contributed by atoms with Gasteiger partial charge in [0.15, 0.2) is 0 Å². The van der Waals surface area contributed by atoms with Crippen LogP contribution in [-0.4, -0.2) is 23.1 Å². The number of aromatic nitrogens is 2. The third-order valence-corrected chi connectivity index (χ3v) is 3.03. The molecule has 0 bridgehead atoms. The van der Waals surface area contributed by atoms with E-state index in [1.54, 1.807) is 6.20 Å². The minimum Gasteiger partial charge on any atom is -0.317 e. The fourth-order valence-corrected chi connectivity index (χ4v) is 2.20. The van der Waals surface area contributed by atoms with Crippen LogP contribution in [0.1, 0.15) is 36.4 Å². The maximum atomic E-state index is 11.2. The molecule has 1 aromatic rings. The Morgan fingerprint density at radius 3 is 3.13 bits per heavy atom. The van der Waals surface area contributed by atoms with Gasteiger partial charge in [0, 0.05) is 17.8 Å². The molecule has 1 saturated heterocycles. The number of rotatable bonds is 1. The number of hydrogen-bond donors (Lipinski definition) is 2. The van der Waals surface area contributed by atoms with E-state index in [2.05, 4.69) is 15.3 Å². The van der Waals surface area contributed by atoms with Gasteiger partial charge in [-0.2, -0.15) is 0 Å². The van der Waals surface area contributed by atoms with E-state index in [-0.39, 0.29) is 5.69 Å². The standard InChI is InChI=1S/C11H17N3O/c1-8-7-13-11(15)14-10(8)9-3-2-5-12-6-4-9/h7,9,12H,2-6H2,1H3,(H,13,14,15). The molecule has 4 heteroatoms. The quantitative estimate of drug-likeness (QED) is 0.720. The van der Waals surface area contributed by atoms with Crippen LogP contribution in [0, 0.1) is 6.92 Å². The van der Waals surface area contributed by atoms with Crippen molar-refractivity contribution in [3.63, 3.8) is 0 Å². The summed E-state index contributed by atoms with van der Waals surface area (Å²) >= 11 is 0. The Kier molecular flexibility index (Phi) is 3.16. The van der Waals surface area contributed by atoms with E-state index in [4.69, 9.17) is 0 Å². The molecule has 4 nitrogen and oxygen atoms in total. The highest BCUT2D eigenvalue weighted by Crippen LogP contribution is 2.25. The van der Waals surface area contributed by atoms with Gasteiger partial charge in [-0.15, -0.1) is 0 Å². The smallest absolute Gasteiger partial charge is 0.317 e. The molecule has 1 atom stereocenters. The highest BCUT2D eigenvalue weighted by atomic mass is 16.1. The van der Waals surface area contributed by atoms with Gasteiger partial charge < -0.3 is 10.3 Å². The molecule has 0 aromatic carbocycles. The number of nitrogens with zero attached hydrogens (tertiary/aromatic N) is 1. The summed E-state index contributed by atoms with van der Waals surface area (Å²) in [6.07, 6.45) is 5.09. The highest BCUT2D eigenvalue weighted by Gasteiger charge is 2.16. The number of hydrogen-bond acceptors (Lipinski definition) is 3. The van der Waals surface area contributed by atoms with Crippen molar-refractivity contribution in [1.29, 1.82) is 0 Å². The molecule has 0 aliphatic carbocycles. The molecule has 1 aliphatic rings. The first-order valence-corrected chi connectivity index (χ1v) is 5.54. The predicted octanol–water partition coefficient (Wildman–Crippen LogP) is 0.935. The summed E-state index contributed by atoms with van der Waals surface area (Å²) in [4.78, 5) is 17.8. The normalized spacial score (nSPS) is 22.3. The molecule has 1 aliphatic heterocycles. The molecule has 2 rings (SSSR count). The summed E-state index contributed by atoms with van der Waals surface area (Å²) in [6, 6.07) is 0. The van der Waals surface area contributed by atoms with E-state index < -0.39 is 0 Å². The number of aromatic amines is 1. The molecule has 0 spiro atoms. The molecule has 1 unspecified atom stereocenters. The minimum atomic E-state index is -0.229. The van der Waals surface area contributed by atoms with Gasteiger partial charge in [0.1, 0.15) is 0 Å². The Hall–Kier alpha value is -1.16. The van der Waals surface area contributed by atoms with E-state index in [1.165, 1.54) is 6.42 Å². The molecule has 0 amide bonds. The van der Waals surface area contributed by atoms with Crippen LogP contribution in [0.4, 0.5) is 0 Å². The lowest BCUT2D eigenvalue weighted by Gasteiger charge is -2.15. The van der Waals surface area contributed by atoms with Crippen LogP contribution in [0.2, 0.25) is 0 Å². The molecule has 82 valence electrons. The predicted molar refractivity (Wildman–Crippen MR) is 59.1 cm³/mol. The molecule has 1 aromatic heterocycles. The summed E-state index contributed by atoms with van der Waals surface area (Å²) < 4.78 is 0. The van der Waals surface area contributed by atoms with E-state index in [1.807, 2.05) is 6.92 Å². The Bertz CT molecular complexity index is 378. The Balaban J connectivity index is 2.26. The summed E-state index contributed by atoms with van der Waals surface area (Å²) in [7, 11) is 0. The summed E-state index contributed by atoms with van der Waals surface area (Å²) in [5.41, 5.74) is 1.95. The Labute approximate surface area is 89.1 Å². The van der Waals surface area contributed by atoms with Crippen LogP contribution in [-0.2, 0) is 0 Å². The fraction of sp³-hybridized carbons (Fsp3) is 0.636. The molecule has 15 heavy (non-hydrogen) atoms. The second-order valence-corrected chi connectivity index (χ2v) is 4.16. The summed E-state index contributed by atoms with van der Waals surface area (Å²) in [6.45, 7) is 4.13. The molecule has 0 saturated carbocycles. The lowest BCUT2D eigenvalue weighted by Crippen LogP contribution is -2.17. The molecule has 2 heterocycles. The van der Waals surface area contributed by atoms with Gasteiger partial charge >= 0.3 is 5.69 Å². The van der Waals surface area contributed by atoms with Crippen molar-refractivity contribution in [2.24, 2.45) is 0 Å². The van der Waals surface area contributed by atoms with Crippen molar-refractivity contribution < 1.29 is 0 Å². The van der Waals surface area contributed by atoms with Crippen LogP contribution in [0.25, 0.3) is 0 Å². The van der Waals surface area contributed by atoms with Crippen molar-refractivity contribution in [3.05, 3.63) is 27.9 Å². The largest absolute Gasteiger partial charge is 0.345 e. The van der Waals surface area contributed by atoms with Crippen molar-refractivity contribution in [1.82, 2.24) is 15.3 Å². The lowest BCUT2D eigenvalue weighted by molar-refractivity contribution is 0.585. The maximum absolute atomic E-state index is 11.2. The number of nitrogens with one attached hydrogen (secondary N) is 2. The summed E-state index contributed by atoms with van der Waals surface area (Å²) in [5.74, 6) is 0.482. The first kappa shape index (κ1) is 10.4. The van der Waals surface area contributed by atoms with E-state index in [9.17, 15) is 4.79 Å². The van der Waals surface area contributed by atoms with Crippen LogP contribution < -0.4 is 11.0 Å². The van der Waals surface area contributed by atoms with Gasteiger partial charge in [0.2, 0.25) is 0 Å². The monoisotopic (exact) mass is 207 g/mol. The SMILES string of the molecule is Cc1cnc(=O)[nH]c1C1CCCNCC1. The Morgan fingerprint density at radius 2 is 2.27 bits per heavy atom. The lowest BCUT2D eigenvalue weighted by atomic mass is 9.94. The molecular formula is C11H17N3O. The first-order chi connectivity index (χ1) is 7.27. The van der Waals surface area contributed by atoms with Gasteiger partial charge in [-0.05, 0) is 44.8 Å². The zero-order chi connectivity index (χ0) is 10.7. The molecule has 1 fully saturated rings. The zero-order valence-corrected chi connectivity index (χ0v) is 9.05. The minimum absolute atomic E-state index is 0.229. The number of H-pyrrole nitrogens is 1. The average molecular weight is 207 g/mol. The van der Waals surface area contributed by atoms with Gasteiger partial charge in [-0.3, -0.25) is 0 Å². The Morgan fingerprint density at radius 1 is 1.40 bits per heavy atom. The second kappa shape index (κ2) is 4.57. The van der Waals surface area contributed by atoms with E-state index in [0.717, 1.165) is 37.2 Å². The van der Waals surface area contributed by atoms with Crippen molar-refractivity contribution in [2.45, 2.75) is 32.1 Å². The van der Waals surface area contributed by atoms with E-state index >= 15 is 0 Å². The average Bonchev–Trinajstić information content (AvgIpc) is 2.50. The van der Waals surface area contributed by atoms with Gasteiger partial charge in [-0.1, -0.05) is 0 Å². The van der Waals surface area contributed by atoms with Gasteiger partial charge in [0.25, 0.3) is 0 Å². The molecule has 0 radical (unpaired) electrons. The second-order valence-electron chi connectivity index (χ2n) is 4.16. The van der Waals surface area contributed by atoms with E-state index in [0.29, 0.717) is 5.92 Å². The van der Waals surface area contributed by atoms with Crippen molar-refractivity contribution in [2.75, 3.05) is 13.1 Å².